The Morgan fingerprint density at radius 1 is 1.09 bits per heavy atom. The number of amides is 1. The Balaban J connectivity index is 1.54. The summed E-state index contributed by atoms with van der Waals surface area (Å²) in [5.41, 5.74) is 7.37. The first-order chi connectivity index (χ1) is 16.6. The zero-order valence-corrected chi connectivity index (χ0v) is 18.5. The van der Waals surface area contributed by atoms with Crippen LogP contribution in [0, 0.1) is 11.8 Å². The third-order valence-corrected chi connectivity index (χ3v) is 5.80. The molecule has 2 N–H and O–H groups in total. The van der Waals surface area contributed by atoms with E-state index in [1.54, 1.807) is 40.7 Å². The molecule has 4 aromatic rings. The summed E-state index contributed by atoms with van der Waals surface area (Å²) in [4.78, 5) is 36.0. The minimum absolute atomic E-state index is 0.202. The van der Waals surface area contributed by atoms with Gasteiger partial charge in [0.25, 0.3) is 5.91 Å². The van der Waals surface area contributed by atoms with E-state index in [1.165, 1.54) is 10.9 Å². The molecule has 9 nitrogen and oxygen atoms in total. The van der Waals surface area contributed by atoms with Gasteiger partial charge in [-0.15, -0.1) is 0 Å². The van der Waals surface area contributed by atoms with Crippen LogP contribution in [0.1, 0.15) is 19.4 Å². The van der Waals surface area contributed by atoms with E-state index < -0.39 is 0 Å². The maximum atomic E-state index is 13.6. The zero-order chi connectivity index (χ0) is 23.7. The first kappa shape index (κ1) is 21.3. The number of nitrogens with zero attached hydrogens (tertiary/aromatic N) is 5. The largest absolute Gasteiger partial charge is 0.457 e. The van der Waals surface area contributed by atoms with E-state index >= 15 is 0 Å². The zero-order valence-electron chi connectivity index (χ0n) is 18.5. The van der Waals surface area contributed by atoms with Crippen LogP contribution in [-0.2, 0) is 4.79 Å². The number of nitrogen functional groups attached to an aromatic ring is 1. The van der Waals surface area contributed by atoms with Crippen molar-refractivity contribution in [2.75, 3.05) is 18.8 Å². The van der Waals surface area contributed by atoms with Crippen molar-refractivity contribution in [3.05, 3.63) is 71.4 Å². The van der Waals surface area contributed by atoms with Crippen molar-refractivity contribution in [3.8, 4) is 29.0 Å². The van der Waals surface area contributed by atoms with Crippen LogP contribution in [0.3, 0.4) is 0 Å². The average molecular weight is 454 g/mol. The number of fused-ring (bicyclic) bond motifs is 1. The number of carbonyl (C=O) groups is 1. The van der Waals surface area contributed by atoms with Gasteiger partial charge in [0.15, 0.2) is 11.5 Å². The average Bonchev–Trinajstić information content (AvgIpc) is 3.43. The number of anilines is 1. The number of ether oxygens (including phenoxy) is 1. The standard InChI is InChI=1S/C25H22N6O3/c1-2-6-21(32)29-14-13-18(15-29)31-24-22(23(26)27-16-28-24)30(25(31)33)17-9-11-20(12-10-17)34-19-7-4-3-5-8-19/h3-5,7-12,16,18H,13-15H2,1H3,(H2,26,27,28)/t18-/m0/s1. The van der Waals surface area contributed by atoms with Gasteiger partial charge in [-0.2, -0.15) is 0 Å². The first-order valence-electron chi connectivity index (χ1n) is 10.8. The number of aromatic nitrogens is 4. The number of carbonyl (C=O) groups excluding carboxylic acids is 1. The molecule has 9 heteroatoms. The summed E-state index contributed by atoms with van der Waals surface area (Å²) in [6, 6.07) is 16.4. The van der Waals surface area contributed by atoms with Crippen molar-refractivity contribution < 1.29 is 9.53 Å². The van der Waals surface area contributed by atoms with Crippen LogP contribution in [0.2, 0.25) is 0 Å². The van der Waals surface area contributed by atoms with E-state index in [2.05, 4.69) is 21.8 Å². The van der Waals surface area contributed by atoms with Crippen LogP contribution in [0.5, 0.6) is 11.5 Å². The molecular weight excluding hydrogens is 432 g/mol. The molecule has 0 unspecified atom stereocenters. The number of likely N-dealkylation sites (tertiary alicyclic amines) is 1. The fourth-order valence-electron chi connectivity index (χ4n) is 4.25. The Morgan fingerprint density at radius 2 is 1.82 bits per heavy atom. The molecule has 1 amide bonds. The molecule has 170 valence electrons. The Kier molecular flexibility index (Phi) is 5.47. The number of hydrogen-bond acceptors (Lipinski definition) is 6. The normalized spacial score (nSPS) is 15.2. The minimum atomic E-state index is -0.292. The molecule has 2 aromatic carbocycles. The van der Waals surface area contributed by atoms with E-state index in [0.29, 0.717) is 42.1 Å². The van der Waals surface area contributed by atoms with Gasteiger partial charge in [-0.05, 0) is 55.7 Å². The molecule has 3 heterocycles. The van der Waals surface area contributed by atoms with Crippen LogP contribution < -0.4 is 16.2 Å². The second kappa shape index (κ2) is 8.75. The molecule has 0 spiro atoms. The molecule has 2 aromatic heterocycles. The summed E-state index contributed by atoms with van der Waals surface area (Å²) in [5.74, 6) is 6.50. The third-order valence-electron chi connectivity index (χ3n) is 5.80. The maximum absolute atomic E-state index is 13.6. The number of para-hydroxylation sites is 1. The molecule has 1 fully saturated rings. The highest BCUT2D eigenvalue weighted by atomic mass is 16.5. The lowest BCUT2D eigenvalue weighted by atomic mass is 10.2. The number of hydrogen-bond donors (Lipinski definition) is 1. The number of imidazole rings is 1. The third kappa shape index (κ3) is 3.75. The van der Waals surface area contributed by atoms with E-state index in [1.807, 2.05) is 30.3 Å². The lowest BCUT2D eigenvalue weighted by Crippen LogP contribution is -2.31. The number of rotatable bonds is 4. The predicted octanol–water partition coefficient (Wildman–Crippen LogP) is 2.75. The van der Waals surface area contributed by atoms with Gasteiger partial charge in [-0.25, -0.2) is 14.8 Å². The van der Waals surface area contributed by atoms with Crippen molar-refractivity contribution in [2.24, 2.45) is 0 Å². The molecule has 0 saturated carbocycles. The van der Waals surface area contributed by atoms with Gasteiger partial charge >= 0.3 is 5.69 Å². The quantitative estimate of drug-likeness (QED) is 0.475. The van der Waals surface area contributed by atoms with Crippen LogP contribution >= 0.6 is 0 Å². The lowest BCUT2D eigenvalue weighted by molar-refractivity contribution is -0.124. The summed E-state index contributed by atoms with van der Waals surface area (Å²) in [6.07, 6.45) is 1.96. The summed E-state index contributed by atoms with van der Waals surface area (Å²) in [6.45, 7) is 2.52. The molecular formula is C25H22N6O3. The summed E-state index contributed by atoms with van der Waals surface area (Å²) >= 11 is 0. The maximum Gasteiger partial charge on any atom is 0.335 e. The Hall–Kier alpha value is -4.58. The van der Waals surface area contributed by atoms with Crippen molar-refractivity contribution in [1.29, 1.82) is 0 Å². The van der Waals surface area contributed by atoms with Crippen LogP contribution in [0.25, 0.3) is 16.9 Å². The van der Waals surface area contributed by atoms with Gasteiger partial charge < -0.3 is 15.4 Å². The summed E-state index contributed by atoms with van der Waals surface area (Å²) in [5, 5.41) is 0. The van der Waals surface area contributed by atoms with Gasteiger partial charge in [-0.1, -0.05) is 24.1 Å². The molecule has 1 aliphatic heterocycles. The summed E-state index contributed by atoms with van der Waals surface area (Å²) < 4.78 is 8.97. The first-order valence-corrected chi connectivity index (χ1v) is 10.8. The Labute approximate surface area is 195 Å². The van der Waals surface area contributed by atoms with Gasteiger partial charge in [0, 0.05) is 13.1 Å². The number of nitrogens with two attached hydrogens (primary N) is 1. The topological polar surface area (TPSA) is 108 Å². The monoisotopic (exact) mass is 454 g/mol. The second-order valence-corrected chi connectivity index (χ2v) is 7.90. The molecule has 34 heavy (non-hydrogen) atoms. The van der Waals surface area contributed by atoms with Gasteiger partial charge in [-0.3, -0.25) is 13.9 Å². The smallest absolute Gasteiger partial charge is 0.335 e. The van der Waals surface area contributed by atoms with E-state index in [0.717, 1.165) is 5.75 Å². The van der Waals surface area contributed by atoms with Crippen molar-refractivity contribution >= 4 is 22.9 Å². The predicted molar refractivity (Wildman–Crippen MR) is 128 cm³/mol. The van der Waals surface area contributed by atoms with Crippen LogP contribution in [0.4, 0.5) is 5.82 Å². The molecule has 1 saturated heterocycles. The van der Waals surface area contributed by atoms with Crippen molar-refractivity contribution in [2.45, 2.75) is 19.4 Å². The van der Waals surface area contributed by atoms with Gasteiger partial charge in [0.1, 0.15) is 23.3 Å². The fourth-order valence-corrected chi connectivity index (χ4v) is 4.25. The number of benzene rings is 2. The van der Waals surface area contributed by atoms with Crippen LogP contribution in [-0.4, -0.2) is 43.0 Å². The Morgan fingerprint density at radius 3 is 2.56 bits per heavy atom. The van der Waals surface area contributed by atoms with Gasteiger partial charge in [0.2, 0.25) is 0 Å². The molecule has 1 aliphatic rings. The van der Waals surface area contributed by atoms with E-state index in [-0.39, 0.29) is 23.5 Å². The molecule has 0 bridgehead atoms. The second-order valence-electron chi connectivity index (χ2n) is 7.90. The van der Waals surface area contributed by atoms with Crippen molar-refractivity contribution in [1.82, 2.24) is 24.0 Å². The molecule has 5 rings (SSSR count). The van der Waals surface area contributed by atoms with E-state index in [9.17, 15) is 9.59 Å². The molecule has 0 radical (unpaired) electrons. The SMILES string of the molecule is CC#CC(=O)N1CC[C@H](n2c(=O)n(-c3ccc(Oc4ccccc4)cc3)c3c(N)ncnc32)C1. The van der Waals surface area contributed by atoms with Crippen molar-refractivity contribution in [3.63, 3.8) is 0 Å². The van der Waals surface area contributed by atoms with Crippen LogP contribution in [0.15, 0.2) is 65.7 Å². The molecule has 0 aliphatic carbocycles. The highest BCUT2D eigenvalue weighted by Crippen LogP contribution is 2.28. The highest BCUT2D eigenvalue weighted by molar-refractivity contribution is 5.93. The highest BCUT2D eigenvalue weighted by Gasteiger charge is 2.31. The van der Waals surface area contributed by atoms with Gasteiger partial charge in [0.05, 0.1) is 11.7 Å². The fraction of sp³-hybridized carbons (Fsp3) is 0.200. The summed E-state index contributed by atoms with van der Waals surface area (Å²) in [7, 11) is 0. The van der Waals surface area contributed by atoms with E-state index in [4.69, 9.17) is 10.5 Å². The Bertz CT molecular complexity index is 1480. The minimum Gasteiger partial charge on any atom is -0.457 e. The molecule has 1 atom stereocenters. The lowest BCUT2D eigenvalue weighted by Gasteiger charge is -2.14.